The molecule has 6 nitrogen and oxygen atoms in total. The molecule has 2 aromatic rings. The fourth-order valence-corrected chi connectivity index (χ4v) is 2.55. The van der Waals surface area contributed by atoms with Crippen molar-refractivity contribution in [2.24, 2.45) is 0 Å². The van der Waals surface area contributed by atoms with E-state index in [1.54, 1.807) is 24.3 Å². The molecule has 2 aromatic carbocycles. The van der Waals surface area contributed by atoms with Crippen LogP contribution in [0.15, 0.2) is 48.5 Å². The van der Waals surface area contributed by atoms with Gasteiger partial charge >= 0.3 is 5.97 Å². The van der Waals surface area contributed by atoms with Crippen LogP contribution in [0.1, 0.15) is 28.4 Å². The second kappa shape index (κ2) is 10.5. The predicted octanol–water partition coefficient (Wildman–Crippen LogP) is 2.80. The van der Waals surface area contributed by atoms with E-state index >= 15 is 0 Å². The zero-order valence-electron chi connectivity index (χ0n) is 16.9. The van der Waals surface area contributed by atoms with Crippen LogP contribution in [0.3, 0.4) is 0 Å². The first-order valence-electron chi connectivity index (χ1n) is 9.25. The first-order chi connectivity index (χ1) is 13.4. The number of carbonyl (C=O) groups is 2. The van der Waals surface area contributed by atoms with Crippen LogP contribution in [0.25, 0.3) is 0 Å². The van der Waals surface area contributed by atoms with E-state index < -0.39 is 0 Å². The van der Waals surface area contributed by atoms with Crippen molar-refractivity contribution in [2.75, 3.05) is 27.3 Å². The number of aryl methyl sites for hydroxylation is 1. The molecule has 6 heteroatoms. The molecule has 0 fully saturated rings. The number of rotatable bonds is 9. The first kappa shape index (κ1) is 21.4. The summed E-state index contributed by atoms with van der Waals surface area (Å²) >= 11 is 0. The minimum absolute atomic E-state index is 0.0603. The highest BCUT2D eigenvalue weighted by atomic mass is 16.5. The quantitative estimate of drug-likeness (QED) is 0.674. The SMILES string of the molecule is COC(=O)c1ccc(CNC(=O)C(C)N(C)CCOc2ccc(C)cc2)cc1. The van der Waals surface area contributed by atoms with E-state index in [9.17, 15) is 9.59 Å². The molecule has 0 aliphatic rings. The maximum absolute atomic E-state index is 12.4. The number of hydrogen-bond donors (Lipinski definition) is 1. The van der Waals surface area contributed by atoms with Crippen molar-refractivity contribution in [2.45, 2.75) is 26.4 Å². The Balaban J connectivity index is 1.74. The van der Waals surface area contributed by atoms with Gasteiger partial charge in [-0.2, -0.15) is 0 Å². The Kier molecular flexibility index (Phi) is 8.02. The largest absolute Gasteiger partial charge is 0.492 e. The van der Waals surface area contributed by atoms with Gasteiger partial charge in [-0.1, -0.05) is 29.8 Å². The summed E-state index contributed by atoms with van der Waals surface area (Å²) in [5, 5.41) is 2.92. The number of hydrogen-bond acceptors (Lipinski definition) is 5. The third-order valence-electron chi connectivity index (χ3n) is 4.62. The molecule has 0 saturated heterocycles. The number of nitrogens with zero attached hydrogens (tertiary/aromatic N) is 1. The lowest BCUT2D eigenvalue weighted by Gasteiger charge is -2.24. The fraction of sp³-hybridized carbons (Fsp3) is 0.364. The second-order valence-corrected chi connectivity index (χ2v) is 6.72. The van der Waals surface area contributed by atoms with E-state index in [1.807, 2.05) is 50.1 Å². The molecular weight excluding hydrogens is 356 g/mol. The van der Waals surface area contributed by atoms with Crippen LogP contribution in [-0.2, 0) is 16.1 Å². The maximum Gasteiger partial charge on any atom is 0.337 e. The highest BCUT2D eigenvalue weighted by Gasteiger charge is 2.17. The molecule has 0 aliphatic carbocycles. The minimum atomic E-state index is -0.376. The van der Waals surface area contributed by atoms with Gasteiger partial charge in [-0.3, -0.25) is 9.69 Å². The topological polar surface area (TPSA) is 67.9 Å². The van der Waals surface area contributed by atoms with Crippen molar-refractivity contribution < 1.29 is 19.1 Å². The van der Waals surface area contributed by atoms with Crippen LogP contribution in [-0.4, -0.2) is 50.1 Å². The van der Waals surface area contributed by atoms with Crippen molar-refractivity contribution in [3.63, 3.8) is 0 Å². The molecule has 28 heavy (non-hydrogen) atoms. The van der Waals surface area contributed by atoms with E-state index in [0.717, 1.165) is 11.3 Å². The fourth-order valence-electron chi connectivity index (χ4n) is 2.55. The van der Waals surface area contributed by atoms with Crippen molar-refractivity contribution in [1.82, 2.24) is 10.2 Å². The van der Waals surface area contributed by atoms with Gasteiger partial charge in [0, 0.05) is 13.1 Å². The molecular formula is C22H28N2O4. The summed E-state index contributed by atoms with van der Waals surface area (Å²) in [5.41, 5.74) is 2.59. The average Bonchev–Trinajstić information content (AvgIpc) is 2.72. The van der Waals surface area contributed by atoms with Crippen LogP contribution in [0.2, 0.25) is 0 Å². The summed E-state index contributed by atoms with van der Waals surface area (Å²) < 4.78 is 10.4. The van der Waals surface area contributed by atoms with E-state index in [-0.39, 0.29) is 17.9 Å². The molecule has 1 atom stereocenters. The number of nitrogens with one attached hydrogen (secondary N) is 1. The second-order valence-electron chi connectivity index (χ2n) is 6.72. The lowest BCUT2D eigenvalue weighted by Crippen LogP contribution is -2.44. The zero-order chi connectivity index (χ0) is 20.5. The summed E-state index contributed by atoms with van der Waals surface area (Å²) in [7, 11) is 3.24. The molecule has 1 amide bonds. The number of benzene rings is 2. The normalized spacial score (nSPS) is 11.8. The molecule has 0 bridgehead atoms. The number of amides is 1. The summed E-state index contributed by atoms with van der Waals surface area (Å²) in [4.78, 5) is 25.8. The van der Waals surface area contributed by atoms with Crippen LogP contribution in [0.5, 0.6) is 5.75 Å². The van der Waals surface area contributed by atoms with Gasteiger partial charge in [0.15, 0.2) is 0 Å². The molecule has 150 valence electrons. The standard InChI is InChI=1S/C22H28N2O4/c1-16-5-11-20(12-6-16)28-14-13-24(3)17(2)21(25)23-15-18-7-9-19(10-8-18)22(26)27-4/h5-12,17H,13-15H2,1-4H3,(H,23,25). The smallest absolute Gasteiger partial charge is 0.337 e. The lowest BCUT2D eigenvalue weighted by atomic mass is 10.1. The Morgan fingerprint density at radius 2 is 1.71 bits per heavy atom. The van der Waals surface area contributed by atoms with Gasteiger partial charge in [-0.25, -0.2) is 4.79 Å². The molecule has 0 spiro atoms. The van der Waals surface area contributed by atoms with E-state index in [4.69, 9.17) is 4.74 Å². The highest BCUT2D eigenvalue weighted by Crippen LogP contribution is 2.11. The Bertz CT molecular complexity index is 772. The van der Waals surface area contributed by atoms with Crippen LogP contribution >= 0.6 is 0 Å². The Morgan fingerprint density at radius 3 is 2.32 bits per heavy atom. The van der Waals surface area contributed by atoms with Crippen molar-refractivity contribution in [3.8, 4) is 5.75 Å². The van der Waals surface area contributed by atoms with Crippen molar-refractivity contribution in [3.05, 3.63) is 65.2 Å². The van der Waals surface area contributed by atoms with Crippen molar-refractivity contribution >= 4 is 11.9 Å². The van der Waals surface area contributed by atoms with Crippen LogP contribution in [0, 0.1) is 6.92 Å². The maximum atomic E-state index is 12.4. The average molecular weight is 384 g/mol. The first-order valence-corrected chi connectivity index (χ1v) is 9.25. The summed E-state index contributed by atoms with van der Waals surface area (Å²) in [5.74, 6) is 0.389. The summed E-state index contributed by atoms with van der Waals surface area (Å²) in [6.07, 6.45) is 0. The van der Waals surface area contributed by atoms with Gasteiger partial charge < -0.3 is 14.8 Å². The van der Waals surface area contributed by atoms with Gasteiger partial charge in [0.05, 0.1) is 18.7 Å². The summed E-state index contributed by atoms with van der Waals surface area (Å²) in [6.45, 7) is 5.44. The highest BCUT2D eigenvalue weighted by molar-refractivity contribution is 5.89. The minimum Gasteiger partial charge on any atom is -0.492 e. The lowest BCUT2D eigenvalue weighted by molar-refractivity contribution is -0.125. The Hall–Kier alpha value is -2.86. The molecule has 0 aliphatic heterocycles. The van der Waals surface area contributed by atoms with E-state index in [1.165, 1.54) is 12.7 Å². The molecule has 2 rings (SSSR count). The third-order valence-corrected chi connectivity index (χ3v) is 4.62. The molecule has 0 saturated carbocycles. The Labute approximate surface area is 166 Å². The van der Waals surface area contributed by atoms with Crippen LogP contribution < -0.4 is 10.1 Å². The van der Waals surface area contributed by atoms with E-state index in [0.29, 0.717) is 25.3 Å². The number of esters is 1. The van der Waals surface area contributed by atoms with Gasteiger partial charge in [0.2, 0.25) is 5.91 Å². The third kappa shape index (κ3) is 6.39. The Morgan fingerprint density at radius 1 is 1.07 bits per heavy atom. The predicted molar refractivity (Wildman–Crippen MR) is 108 cm³/mol. The van der Waals surface area contributed by atoms with E-state index in [2.05, 4.69) is 10.1 Å². The molecule has 1 N–H and O–H groups in total. The molecule has 0 heterocycles. The van der Waals surface area contributed by atoms with Gasteiger partial charge in [-0.05, 0) is 50.7 Å². The number of methoxy groups -OCH3 is 1. The van der Waals surface area contributed by atoms with Crippen LogP contribution in [0.4, 0.5) is 0 Å². The van der Waals surface area contributed by atoms with Gasteiger partial charge in [0.25, 0.3) is 0 Å². The molecule has 0 radical (unpaired) electrons. The number of ether oxygens (including phenoxy) is 2. The zero-order valence-corrected chi connectivity index (χ0v) is 16.9. The van der Waals surface area contributed by atoms with Gasteiger partial charge in [0.1, 0.15) is 12.4 Å². The monoisotopic (exact) mass is 384 g/mol. The molecule has 1 unspecified atom stereocenters. The number of likely N-dealkylation sites (N-methyl/N-ethyl adjacent to an activating group) is 1. The summed E-state index contributed by atoms with van der Waals surface area (Å²) in [6, 6.07) is 14.6. The van der Waals surface area contributed by atoms with Gasteiger partial charge in [-0.15, -0.1) is 0 Å². The molecule has 0 aromatic heterocycles. The number of carbonyl (C=O) groups excluding carboxylic acids is 2. The van der Waals surface area contributed by atoms with Crippen molar-refractivity contribution in [1.29, 1.82) is 0 Å².